The normalized spacial score (nSPS) is 24.1. The maximum absolute atomic E-state index is 13.2. The number of nitrogens with zero attached hydrogens (tertiary/aromatic N) is 2. The highest BCUT2D eigenvalue weighted by Gasteiger charge is 2.48. The van der Waals surface area contributed by atoms with E-state index in [1.165, 1.54) is 29.3 Å². The summed E-state index contributed by atoms with van der Waals surface area (Å²) in [5.41, 5.74) is 6.00. The number of imidazole rings is 1. The predicted molar refractivity (Wildman–Crippen MR) is 135 cm³/mol. The topological polar surface area (TPSA) is 86.0 Å². The molecule has 0 amide bonds. The second-order valence-corrected chi connectivity index (χ2v) is 9.64. The van der Waals surface area contributed by atoms with E-state index in [-0.39, 0.29) is 24.1 Å². The maximum Gasteiger partial charge on any atom is 0.323 e. The Morgan fingerprint density at radius 3 is 2.71 bits per heavy atom. The molecule has 2 aliphatic rings. The van der Waals surface area contributed by atoms with Crippen molar-refractivity contribution in [3.8, 4) is 0 Å². The Morgan fingerprint density at radius 2 is 1.91 bits per heavy atom. The number of rotatable bonds is 6. The van der Waals surface area contributed by atoms with Crippen molar-refractivity contribution in [3.05, 3.63) is 89.6 Å². The smallest absolute Gasteiger partial charge is 0.323 e. The average molecular weight is 470 g/mol. The van der Waals surface area contributed by atoms with Gasteiger partial charge < -0.3 is 20.0 Å². The van der Waals surface area contributed by atoms with Crippen molar-refractivity contribution in [2.24, 2.45) is 0 Å². The Hall–Kier alpha value is -3.42. The van der Waals surface area contributed by atoms with Crippen LogP contribution < -0.4 is 5.32 Å². The number of piperidine rings is 1. The third kappa shape index (κ3) is 4.05. The number of aromatic nitrogens is 3. The van der Waals surface area contributed by atoms with E-state index in [0.29, 0.717) is 12.5 Å². The first-order valence-corrected chi connectivity index (χ1v) is 12.4. The molecule has 2 aliphatic heterocycles. The van der Waals surface area contributed by atoms with E-state index in [9.17, 15) is 4.79 Å². The summed E-state index contributed by atoms with van der Waals surface area (Å²) in [6, 6.07) is 19.2. The molecular formula is C28H31N5O2. The van der Waals surface area contributed by atoms with Crippen LogP contribution in [0, 0.1) is 0 Å². The summed E-state index contributed by atoms with van der Waals surface area (Å²) in [5.74, 6) is -0.155. The van der Waals surface area contributed by atoms with E-state index >= 15 is 0 Å². The summed E-state index contributed by atoms with van der Waals surface area (Å²) in [4.78, 5) is 26.6. The van der Waals surface area contributed by atoms with E-state index in [0.717, 1.165) is 37.0 Å². The van der Waals surface area contributed by atoms with Gasteiger partial charge in [-0.2, -0.15) is 0 Å². The molecule has 1 fully saturated rings. The number of ether oxygens (including phenoxy) is 1. The van der Waals surface area contributed by atoms with Gasteiger partial charge in [0.15, 0.2) is 0 Å². The van der Waals surface area contributed by atoms with Gasteiger partial charge in [-0.15, -0.1) is 0 Å². The van der Waals surface area contributed by atoms with Crippen LogP contribution in [0.5, 0.6) is 0 Å². The molecule has 0 unspecified atom stereocenters. The van der Waals surface area contributed by atoms with E-state index in [1.807, 2.05) is 12.3 Å². The number of fused-ring (bicyclic) bond motifs is 5. The first-order valence-electron chi connectivity index (χ1n) is 12.4. The molecule has 1 saturated heterocycles. The lowest BCUT2D eigenvalue weighted by molar-refractivity contribution is -0.152. The van der Waals surface area contributed by atoms with Crippen LogP contribution in [-0.2, 0) is 22.4 Å². The van der Waals surface area contributed by atoms with Crippen molar-refractivity contribution in [1.82, 2.24) is 25.2 Å². The maximum atomic E-state index is 13.2. The Labute approximate surface area is 204 Å². The fraction of sp³-hybridized carbons (Fsp3) is 0.357. The molecule has 7 nitrogen and oxygen atoms in total. The van der Waals surface area contributed by atoms with Crippen LogP contribution in [-0.4, -0.2) is 51.6 Å². The molecule has 35 heavy (non-hydrogen) atoms. The van der Waals surface area contributed by atoms with Gasteiger partial charge >= 0.3 is 5.97 Å². The number of carbonyl (C=O) groups excluding carboxylic acids is 1. The van der Waals surface area contributed by atoms with E-state index in [1.54, 1.807) is 6.33 Å². The Morgan fingerprint density at radius 1 is 1.11 bits per heavy atom. The average Bonchev–Trinajstić information content (AvgIpc) is 3.56. The Kier molecular flexibility index (Phi) is 5.88. The highest BCUT2D eigenvalue weighted by Crippen LogP contribution is 2.48. The molecule has 2 aromatic heterocycles. The molecule has 0 aliphatic carbocycles. The number of benzene rings is 2. The van der Waals surface area contributed by atoms with Crippen LogP contribution in [0.1, 0.15) is 47.4 Å². The molecule has 4 heterocycles. The van der Waals surface area contributed by atoms with Gasteiger partial charge in [-0.1, -0.05) is 48.5 Å². The summed E-state index contributed by atoms with van der Waals surface area (Å²) in [5, 5.41) is 5.02. The molecule has 4 atom stereocenters. The first kappa shape index (κ1) is 22.1. The number of para-hydroxylation sites is 1. The number of carbonyl (C=O) groups is 1. The van der Waals surface area contributed by atoms with Crippen molar-refractivity contribution in [2.45, 2.75) is 49.9 Å². The zero-order valence-electron chi connectivity index (χ0n) is 19.9. The van der Waals surface area contributed by atoms with Crippen LogP contribution in [0.15, 0.2) is 67.1 Å². The molecule has 4 aromatic rings. The minimum absolute atomic E-state index is 0.0962. The second kappa shape index (κ2) is 9.32. The summed E-state index contributed by atoms with van der Waals surface area (Å²) in [6.45, 7) is 0.876. The van der Waals surface area contributed by atoms with Crippen LogP contribution in [0.2, 0.25) is 0 Å². The number of esters is 1. The van der Waals surface area contributed by atoms with Crippen molar-refractivity contribution < 1.29 is 9.53 Å². The van der Waals surface area contributed by atoms with Gasteiger partial charge in [0, 0.05) is 60.0 Å². The van der Waals surface area contributed by atoms with Gasteiger partial charge in [0.25, 0.3) is 0 Å². The van der Waals surface area contributed by atoms with Crippen molar-refractivity contribution in [1.29, 1.82) is 0 Å². The van der Waals surface area contributed by atoms with Gasteiger partial charge in [-0.25, -0.2) is 4.98 Å². The lowest BCUT2D eigenvalue weighted by atomic mass is 9.79. The van der Waals surface area contributed by atoms with Gasteiger partial charge in [-0.05, 0) is 30.0 Å². The van der Waals surface area contributed by atoms with Crippen LogP contribution in [0.25, 0.3) is 10.9 Å². The number of nitrogens with one attached hydrogen (secondary N) is 3. The fourth-order valence-electron chi connectivity index (χ4n) is 6.14. The molecule has 6 rings (SSSR count). The van der Waals surface area contributed by atoms with Gasteiger partial charge in [0.1, 0.15) is 6.04 Å². The number of methoxy groups -OCH3 is 1. The molecule has 2 aromatic carbocycles. The molecule has 180 valence electrons. The molecule has 0 bridgehead atoms. The second-order valence-electron chi connectivity index (χ2n) is 9.64. The zero-order valence-corrected chi connectivity index (χ0v) is 19.9. The van der Waals surface area contributed by atoms with Gasteiger partial charge in [0.2, 0.25) is 0 Å². The molecule has 0 spiro atoms. The minimum atomic E-state index is -0.312. The standard InChI is InChI=1S/C28H31N5O2/c1-35-28(34)26-15-22-21-9-5-6-10-23(21)32-27(22)25-14-20(30-12-11-19-16-29-17-31-19)13-24(33(25)26)18-7-3-2-4-8-18/h2-10,16-17,20,24-26,30,32H,11-15H2,1H3,(H,29,31)/t20-,24+,25-,26+/m1/s1. The third-order valence-corrected chi connectivity index (χ3v) is 7.71. The summed E-state index contributed by atoms with van der Waals surface area (Å²) < 4.78 is 5.34. The highest BCUT2D eigenvalue weighted by atomic mass is 16.5. The molecule has 7 heteroatoms. The summed E-state index contributed by atoms with van der Waals surface area (Å²) in [7, 11) is 1.50. The summed E-state index contributed by atoms with van der Waals surface area (Å²) >= 11 is 0. The fourth-order valence-corrected chi connectivity index (χ4v) is 6.14. The van der Waals surface area contributed by atoms with E-state index < -0.39 is 0 Å². The SMILES string of the molecule is COC(=O)[C@@H]1Cc2c([nH]c3ccccc23)[C@H]2C[C@H](NCCc3cnc[nH]3)C[C@@H](c3ccccc3)N21. The lowest BCUT2D eigenvalue weighted by Gasteiger charge is -2.50. The van der Waals surface area contributed by atoms with Crippen LogP contribution in [0.3, 0.4) is 0 Å². The van der Waals surface area contributed by atoms with Crippen LogP contribution >= 0.6 is 0 Å². The number of hydrogen-bond acceptors (Lipinski definition) is 5. The van der Waals surface area contributed by atoms with Crippen molar-refractivity contribution >= 4 is 16.9 Å². The van der Waals surface area contributed by atoms with E-state index in [2.05, 4.69) is 73.7 Å². The molecular weight excluding hydrogens is 438 g/mol. The van der Waals surface area contributed by atoms with Gasteiger partial charge in [0.05, 0.1) is 19.5 Å². The molecule has 0 radical (unpaired) electrons. The number of aromatic amines is 2. The summed E-state index contributed by atoms with van der Waals surface area (Å²) in [6.07, 6.45) is 7.04. The number of hydrogen-bond donors (Lipinski definition) is 3. The van der Waals surface area contributed by atoms with Crippen LogP contribution in [0.4, 0.5) is 0 Å². The largest absolute Gasteiger partial charge is 0.468 e. The lowest BCUT2D eigenvalue weighted by Crippen LogP contribution is -2.55. The highest BCUT2D eigenvalue weighted by molar-refractivity contribution is 5.87. The molecule has 3 N–H and O–H groups in total. The first-order chi connectivity index (χ1) is 17.2. The minimum Gasteiger partial charge on any atom is -0.468 e. The zero-order chi connectivity index (χ0) is 23.8. The van der Waals surface area contributed by atoms with Crippen molar-refractivity contribution in [2.75, 3.05) is 13.7 Å². The number of H-pyrrole nitrogens is 2. The van der Waals surface area contributed by atoms with E-state index in [4.69, 9.17) is 4.74 Å². The monoisotopic (exact) mass is 469 g/mol. The quantitative estimate of drug-likeness (QED) is 0.371. The predicted octanol–water partition coefficient (Wildman–Crippen LogP) is 4.07. The Balaban J connectivity index is 1.39. The Bertz CT molecular complexity index is 1300. The third-order valence-electron chi connectivity index (χ3n) is 7.71. The van der Waals surface area contributed by atoms with Crippen molar-refractivity contribution in [3.63, 3.8) is 0 Å². The molecule has 0 saturated carbocycles. The van der Waals surface area contributed by atoms with Gasteiger partial charge in [-0.3, -0.25) is 9.69 Å².